The first kappa shape index (κ1) is 12.0. The molecule has 5 nitrogen and oxygen atoms in total. The summed E-state index contributed by atoms with van der Waals surface area (Å²) in [6.45, 7) is 1.69. The van der Waals surface area contributed by atoms with Crippen LogP contribution in [0.1, 0.15) is 26.2 Å². The van der Waals surface area contributed by atoms with E-state index in [4.69, 9.17) is 5.11 Å². The molecule has 18 heavy (non-hydrogen) atoms. The van der Waals surface area contributed by atoms with Crippen LogP contribution in [0.4, 0.5) is 0 Å². The number of hydrogen-bond donors (Lipinski definition) is 3. The Morgan fingerprint density at radius 3 is 2.39 bits per heavy atom. The predicted octanol–water partition coefficient (Wildman–Crippen LogP) is 0.210. The molecule has 3 aliphatic rings. The van der Waals surface area contributed by atoms with Gasteiger partial charge in [0, 0.05) is 19.5 Å². The minimum absolute atomic E-state index is 0.291. The number of aliphatic carboxylic acids is 1. The zero-order chi connectivity index (χ0) is 12.9. The van der Waals surface area contributed by atoms with Crippen molar-refractivity contribution in [3.8, 4) is 0 Å². The Kier molecular flexibility index (Phi) is 2.81. The second kappa shape index (κ2) is 4.23. The van der Waals surface area contributed by atoms with Crippen molar-refractivity contribution in [2.75, 3.05) is 6.54 Å². The molecular weight excluding hydrogens is 232 g/mol. The average Bonchev–Trinajstić information content (AvgIpc) is 2.69. The van der Waals surface area contributed by atoms with Gasteiger partial charge in [-0.3, -0.25) is 4.79 Å². The van der Waals surface area contributed by atoms with Crippen molar-refractivity contribution in [1.29, 1.82) is 0 Å². The Morgan fingerprint density at radius 1 is 1.28 bits per heavy atom. The summed E-state index contributed by atoms with van der Waals surface area (Å²) in [7, 11) is 0. The van der Waals surface area contributed by atoms with Crippen molar-refractivity contribution in [3.05, 3.63) is 0 Å². The van der Waals surface area contributed by atoms with Gasteiger partial charge in [-0.15, -0.1) is 0 Å². The van der Waals surface area contributed by atoms with Gasteiger partial charge < -0.3 is 15.7 Å². The summed E-state index contributed by atoms with van der Waals surface area (Å²) in [5, 5.41) is 14.8. The summed E-state index contributed by atoms with van der Waals surface area (Å²) < 4.78 is 0. The van der Waals surface area contributed by atoms with Crippen LogP contribution < -0.4 is 10.6 Å². The lowest BCUT2D eigenvalue weighted by Gasteiger charge is -2.16. The van der Waals surface area contributed by atoms with E-state index in [9.17, 15) is 9.59 Å². The van der Waals surface area contributed by atoms with E-state index in [-0.39, 0.29) is 5.91 Å². The highest BCUT2D eigenvalue weighted by molar-refractivity contribution is 5.82. The van der Waals surface area contributed by atoms with Crippen LogP contribution in [0.15, 0.2) is 0 Å². The van der Waals surface area contributed by atoms with Crippen LogP contribution >= 0.6 is 0 Å². The van der Waals surface area contributed by atoms with E-state index in [1.165, 1.54) is 26.2 Å². The fourth-order valence-corrected chi connectivity index (χ4v) is 4.30. The number of amides is 1. The predicted molar refractivity (Wildman–Crippen MR) is 64.8 cm³/mol. The molecule has 100 valence electrons. The summed E-state index contributed by atoms with van der Waals surface area (Å²) in [6, 6.07) is -0.298. The maximum Gasteiger partial charge on any atom is 0.327 e. The van der Waals surface area contributed by atoms with Crippen LogP contribution in [0, 0.1) is 23.7 Å². The quantitative estimate of drug-likeness (QED) is 0.653. The van der Waals surface area contributed by atoms with Crippen molar-refractivity contribution in [3.63, 3.8) is 0 Å². The maximum absolute atomic E-state index is 11.0. The van der Waals surface area contributed by atoms with E-state index >= 15 is 0 Å². The molecule has 5 heteroatoms. The van der Waals surface area contributed by atoms with Crippen molar-refractivity contribution in [2.45, 2.75) is 38.3 Å². The minimum Gasteiger partial charge on any atom is -0.480 e. The molecule has 0 radical (unpaired) electrons. The van der Waals surface area contributed by atoms with Crippen LogP contribution in [-0.2, 0) is 9.59 Å². The third kappa shape index (κ3) is 1.90. The number of rotatable bonds is 5. The fraction of sp³-hybridized carbons (Fsp3) is 0.846. The number of carboxylic acid groups (broad SMARTS) is 1. The zero-order valence-corrected chi connectivity index (χ0v) is 10.6. The lowest BCUT2D eigenvalue weighted by Crippen LogP contribution is -2.47. The summed E-state index contributed by atoms with van der Waals surface area (Å²) in [5.41, 5.74) is 0. The largest absolute Gasteiger partial charge is 0.480 e. The third-order valence-electron chi connectivity index (χ3n) is 4.97. The lowest BCUT2D eigenvalue weighted by molar-refractivity contribution is -0.141. The van der Waals surface area contributed by atoms with Crippen LogP contribution in [-0.4, -0.2) is 35.6 Å². The number of nitrogens with one attached hydrogen (secondary N) is 2. The van der Waals surface area contributed by atoms with E-state index < -0.39 is 12.0 Å². The number of hydrogen-bond acceptors (Lipinski definition) is 3. The van der Waals surface area contributed by atoms with Gasteiger partial charge in [0.15, 0.2) is 0 Å². The molecule has 0 spiro atoms. The van der Waals surface area contributed by atoms with Gasteiger partial charge in [0.25, 0.3) is 0 Å². The molecule has 1 amide bonds. The van der Waals surface area contributed by atoms with Gasteiger partial charge in [0.2, 0.25) is 5.91 Å². The molecule has 5 unspecified atom stereocenters. The van der Waals surface area contributed by atoms with E-state index in [2.05, 4.69) is 10.6 Å². The summed E-state index contributed by atoms with van der Waals surface area (Å²) in [4.78, 5) is 21.9. The molecule has 0 saturated heterocycles. The Balaban J connectivity index is 1.50. The van der Waals surface area contributed by atoms with Gasteiger partial charge >= 0.3 is 5.97 Å². The normalized spacial score (nSPS) is 41.3. The number of fused-ring (bicyclic) bond motifs is 5. The highest BCUT2D eigenvalue weighted by Crippen LogP contribution is 2.65. The number of carbonyl (C=O) groups is 2. The lowest BCUT2D eigenvalue weighted by atomic mass is 10.0. The van der Waals surface area contributed by atoms with Gasteiger partial charge in [-0.1, -0.05) is 0 Å². The number of carbonyl (C=O) groups excluding carboxylic acids is 1. The Bertz CT molecular complexity index is 368. The number of carboxylic acids is 1. The summed E-state index contributed by atoms with van der Waals surface area (Å²) in [6.07, 6.45) is 4.11. The first-order valence-electron chi connectivity index (χ1n) is 6.81. The zero-order valence-electron chi connectivity index (χ0n) is 10.6. The van der Waals surface area contributed by atoms with Crippen molar-refractivity contribution in [2.24, 2.45) is 23.7 Å². The highest BCUT2D eigenvalue weighted by atomic mass is 16.4. The fourth-order valence-electron chi connectivity index (χ4n) is 4.30. The molecule has 3 aliphatic carbocycles. The van der Waals surface area contributed by atoms with Gasteiger partial charge in [-0.05, 0) is 42.9 Å². The molecule has 0 aliphatic heterocycles. The Hall–Kier alpha value is -1.10. The van der Waals surface area contributed by atoms with E-state index in [0.717, 1.165) is 23.7 Å². The van der Waals surface area contributed by atoms with E-state index in [1.54, 1.807) is 0 Å². The van der Waals surface area contributed by atoms with Crippen molar-refractivity contribution in [1.82, 2.24) is 10.6 Å². The molecule has 3 fully saturated rings. The van der Waals surface area contributed by atoms with Crippen LogP contribution in [0.3, 0.4) is 0 Å². The van der Waals surface area contributed by atoms with Gasteiger partial charge in [0.1, 0.15) is 6.04 Å². The first-order valence-corrected chi connectivity index (χ1v) is 6.81. The van der Waals surface area contributed by atoms with Crippen LogP contribution in [0.2, 0.25) is 0 Å². The molecule has 0 heterocycles. The topological polar surface area (TPSA) is 78.4 Å². The molecule has 3 saturated carbocycles. The molecule has 0 aromatic rings. The SMILES string of the molecule is CC(=O)NC(CNC1C2C3CCC(C3)C12)C(=O)O. The molecule has 3 rings (SSSR count). The molecule has 5 atom stereocenters. The monoisotopic (exact) mass is 252 g/mol. The van der Waals surface area contributed by atoms with E-state index in [1.807, 2.05) is 0 Å². The smallest absolute Gasteiger partial charge is 0.327 e. The van der Waals surface area contributed by atoms with Gasteiger partial charge in [-0.2, -0.15) is 0 Å². The highest BCUT2D eigenvalue weighted by Gasteiger charge is 2.64. The molecular formula is C13H20N2O3. The molecule has 0 aromatic carbocycles. The second-order valence-electron chi connectivity index (χ2n) is 6.01. The Morgan fingerprint density at radius 2 is 1.89 bits per heavy atom. The third-order valence-corrected chi connectivity index (χ3v) is 4.97. The standard InChI is InChI=1S/C13H20N2O3/c1-6(16)15-9(13(17)18)5-14-12-10-7-2-3-8(4-7)11(10)12/h7-12,14H,2-5H2,1H3,(H,15,16)(H,17,18). The van der Waals surface area contributed by atoms with Crippen LogP contribution in [0.25, 0.3) is 0 Å². The molecule has 3 N–H and O–H groups in total. The Labute approximate surface area is 106 Å². The molecule has 2 bridgehead atoms. The summed E-state index contributed by atoms with van der Waals surface area (Å²) in [5.74, 6) is 2.07. The van der Waals surface area contributed by atoms with Crippen molar-refractivity contribution < 1.29 is 14.7 Å². The van der Waals surface area contributed by atoms with Crippen molar-refractivity contribution >= 4 is 11.9 Å². The second-order valence-corrected chi connectivity index (χ2v) is 6.01. The van der Waals surface area contributed by atoms with Gasteiger partial charge in [-0.25, -0.2) is 4.79 Å². The summed E-state index contributed by atoms with van der Waals surface area (Å²) >= 11 is 0. The average molecular weight is 252 g/mol. The van der Waals surface area contributed by atoms with Crippen LogP contribution in [0.5, 0.6) is 0 Å². The van der Waals surface area contributed by atoms with Gasteiger partial charge in [0.05, 0.1) is 0 Å². The first-order chi connectivity index (χ1) is 8.58. The minimum atomic E-state index is -0.966. The molecule has 0 aromatic heterocycles. The van der Waals surface area contributed by atoms with E-state index in [0.29, 0.717) is 12.6 Å². The maximum atomic E-state index is 11.0.